The third-order valence-corrected chi connectivity index (χ3v) is 4.26. The van der Waals surface area contributed by atoms with Crippen LogP contribution in [-0.2, 0) is 10.0 Å². The summed E-state index contributed by atoms with van der Waals surface area (Å²) in [5, 5.41) is 3.72. The van der Waals surface area contributed by atoms with E-state index in [2.05, 4.69) is 15.0 Å². The molecule has 2 rings (SSSR count). The SMILES string of the molecule is CNCCNS(=O)(=O)c1cccc2cc(C)cnc12. The number of para-hydroxylation sites is 1. The van der Waals surface area contributed by atoms with Crippen LogP contribution < -0.4 is 10.0 Å². The number of hydrogen-bond acceptors (Lipinski definition) is 4. The largest absolute Gasteiger partial charge is 0.318 e. The van der Waals surface area contributed by atoms with Crippen molar-refractivity contribution >= 4 is 20.9 Å². The molecule has 0 aliphatic heterocycles. The summed E-state index contributed by atoms with van der Waals surface area (Å²) in [6.07, 6.45) is 1.68. The van der Waals surface area contributed by atoms with Crippen LogP contribution in [0.3, 0.4) is 0 Å². The topological polar surface area (TPSA) is 71.1 Å². The van der Waals surface area contributed by atoms with Gasteiger partial charge in [0.25, 0.3) is 0 Å². The van der Waals surface area contributed by atoms with Crippen LogP contribution in [0.2, 0.25) is 0 Å². The van der Waals surface area contributed by atoms with Gasteiger partial charge in [-0.2, -0.15) is 0 Å². The van der Waals surface area contributed by atoms with Crippen LogP contribution in [0.1, 0.15) is 5.56 Å². The van der Waals surface area contributed by atoms with E-state index in [4.69, 9.17) is 0 Å². The highest BCUT2D eigenvalue weighted by atomic mass is 32.2. The Balaban J connectivity index is 2.44. The highest BCUT2D eigenvalue weighted by molar-refractivity contribution is 7.89. The summed E-state index contributed by atoms with van der Waals surface area (Å²) < 4.78 is 27.0. The minimum atomic E-state index is -3.52. The molecule has 6 heteroatoms. The van der Waals surface area contributed by atoms with E-state index in [1.165, 1.54) is 0 Å². The molecule has 5 nitrogen and oxygen atoms in total. The Morgan fingerprint density at radius 2 is 2.05 bits per heavy atom. The molecule has 0 saturated heterocycles. The Labute approximate surface area is 113 Å². The van der Waals surface area contributed by atoms with Crippen LogP contribution in [0, 0.1) is 6.92 Å². The van der Waals surface area contributed by atoms with Crippen LogP contribution in [0.5, 0.6) is 0 Å². The molecule has 0 bridgehead atoms. The molecule has 0 amide bonds. The van der Waals surface area contributed by atoms with E-state index in [-0.39, 0.29) is 4.90 Å². The number of nitrogens with zero attached hydrogens (tertiary/aromatic N) is 1. The van der Waals surface area contributed by atoms with Crippen LogP contribution in [0.15, 0.2) is 35.4 Å². The molecule has 0 atom stereocenters. The number of fused-ring (bicyclic) bond motifs is 1. The smallest absolute Gasteiger partial charge is 0.242 e. The summed E-state index contributed by atoms with van der Waals surface area (Å²) in [7, 11) is -1.75. The van der Waals surface area contributed by atoms with Crippen molar-refractivity contribution in [2.24, 2.45) is 0 Å². The molecule has 1 aromatic heterocycles. The highest BCUT2D eigenvalue weighted by Crippen LogP contribution is 2.21. The molecule has 0 radical (unpaired) electrons. The second-order valence-corrected chi connectivity index (χ2v) is 6.08. The van der Waals surface area contributed by atoms with E-state index in [1.807, 2.05) is 19.1 Å². The first-order chi connectivity index (χ1) is 9.04. The van der Waals surface area contributed by atoms with Crippen molar-refractivity contribution in [1.82, 2.24) is 15.0 Å². The molecule has 102 valence electrons. The second kappa shape index (κ2) is 5.64. The van der Waals surface area contributed by atoms with Crippen molar-refractivity contribution in [3.8, 4) is 0 Å². The predicted molar refractivity (Wildman–Crippen MR) is 75.6 cm³/mol. The first-order valence-electron chi connectivity index (χ1n) is 6.04. The Bertz CT molecular complexity index is 683. The van der Waals surface area contributed by atoms with Gasteiger partial charge in [-0.1, -0.05) is 12.1 Å². The van der Waals surface area contributed by atoms with Gasteiger partial charge in [0, 0.05) is 24.7 Å². The van der Waals surface area contributed by atoms with E-state index < -0.39 is 10.0 Å². The first kappa shape index (κ1) is 13.9. The van der Waals surface area contributed by atoms with Gasteiger partial charge in [-0.15, -0.1) is 0 Å². The van der Waals surface area contributed by atoms with Crippen molar-refractivity contribution in [3.63, 3.8) is 0 Å². The van der Waals surface area contributed by atoms with Gasteiger partial charge in [0.05, 0.1) is 5.52 Å². The lowest BCUT2D eigenvalue weighted by Crippen LogP contribution is -2.30. The van der Waals surface area contributed by atoms with Crippen LogP contribution in [0.25, 0.3) is 10.9 Å². The molecule has 0 aliphatic rings. The fourth-order valence-electron chi connectivity index (χ4n) is 1.85. The Hall–Kier alpha value is -1.50. The third-order valence-electron chi connectivity index (χ3n) is 2.77. The maximum Gasteiger partial charge on any atom is 0.242 e. The molecule has 0 saturated carbocycles. The number of pyridine rings is 1. The fraction of sp³-hybridized carbons (Fsp3) is 0.308. The number of aryl methyl sites for hydroxylation is 1. The van der Waals surface area contributed by atoms with E-state index in [1.54, 1.807) is 25.4 Å². The summed E-state index contributed by atoms with van der Waals surface area (Å²) in [6.45, 7) is 2.86. The number of likely N-dealkylation sites (N-methyl/N-ethyl adjacent to an activating group) is 1. The van der Waals surface area contributed by atoms with E-state index in [0.29, 0.717) is 18.6 Å². The van der Waals surface area contributed by atoms with Crippen molar-refractivity contribution in [1.29, 1.82) is 0 Å². The molecule has 0 aliphatic carbocycles. The molecular formula is C13H17N3O2S. The van der Waals surface area contributed by atoms with Crippen LogP contribution in [-0.4, -0.2) is 33.5 Å². The standard InChI is InChI=1S/C13H17N3O2S/c1-10-8-11-4-3-5-12(13(11)15-9-10)19(17,18)16-7-6-14-2/h3-5,8-9,14,16H,6-7H2,1-2H3. The van der Waals surface area contributed by atoms with Gasteiger partial charge >= 0.3 is 0 Å². The predicted octanol–water partition coefficient (Wildman–Crippen LogP) is 1.04. The molecule has 2 aromatic rings. The lowest BCUT2D eigenvalue weighted by molar-refractivity contribution is 0.580. The molecule has 1 heterocycles. The van der Waals surface area contributed by atoms with E-state index in [9.17, 15) is 8.42 Å². The molecular weight excluding hydrogens is 262 g/mol. The van der Waals surface area contributed by atoms with Gasteiger partial charge in [0.1, 0.15) is 4.90 Å². The molecule has 0 unspecified atom stereocenters. The average molecular weight is 279 g/mol. The second-order valence-electron chi connectivity index (χ2n) is 4.34. The van der Waals surface area contributed by atoms with E-state index in [0.717, 1.165) is 10.9 Å². The van der Waals surface area contributed by atoms with E-state index >= 15 is 0 Å². The average Bonchev–Trinajstić information content (AvgIpc) is 2.37. The molecule has 0 spiro atoms. The zero-order valence-electron chi connectivity index (χ0n) is 11.0. The van der Waals surface area contributed by atoms with Gasteiger partial charge in [0.15, 0.2) is 0 Å². The normalized spacial score (nSPS) is 11.9. The summed E-state index contributed by atoms with van der Waals surface area (Å²) in [6, 6.07) is 7.10. The summed E-state index contributed by atoms with van der Waals surface area (Å²) in [4.78, 5) is 4.46. The van der Waals surface area contributed by atoms with Gasteiger partial charge in [-0.3, -0.25) is 4.98 Å². The van der Waals surface area contributed by atoms with Crippen LogP contribution in [0.4, 0.5) is 0 Å². The van der Waals surface area contributed by atoms with Crippen LogP contribution >= 0.6 is 0 Å². The number of benzene rings is 1. The minimum Gasteiger partial charge on any atom is -0.318 e. The third kappa shape index (κ3) is 3.09. The fourth-order valence-corrected chi connectivity index (χ4v) is 3.06. The Morgan fingerprint density at radius 3 is 2.79 bits per heavy atom. The van der Waals surface area contributed by atoms with Crippen molar-refractivity contribution < 1.29 is 8.42 Å². The maximum atomic E-state index is 12.2. The molecule has 19 heavy (non-hydrogen) atoms. The number of hydrogen-bond donors (Lipinski definition) is 2. The quantitative estimate of drug-likeness (QED) is 0.802. The minimum absolute atomic E-state index is 0.223. The van der Waals surface area contributed by atoms with Gasteiger partial charge in [-0.25, -0.2) is 13.1 Å². The Kier molecular flexibility index (Phi) is 4.14. The van der Waals surface area contributed by atoms with Crippen molar-refractivity contribution in [2.45, 2.75) is 11.8 Å². The zero-order chi connectivity index (χ0) is 13.9. The van der Waals surface area contributed by atoms with Gasteiger partial charge < -0.3 is 5.32 Å². The van der Waals surface area contributed by atoms with Gasteiger partial charge in [0.2, 0.25) is 10.0 Å². The summed E-state index contributed by atoms with van der Waals surface area (Å²) in [5.74, 6) is 0. The monoisotopic (exact) mass is 279 g/mol. The number of rotatable bonds is 5. The number of nitrogens with one attached hydrogen (secondary N) is 2. The Morgan fingerprint density at radius 1 is 1.26 bits per heavy atom. The number of aromatic nitrogens is 1. The first-order valence-corrected chi connectivity index (χ1v) is 7.52. The molecule has 1 aromatic carbocycles. The maximum absolute atomic E-state index is 12.2. The zero-order valence-corrected chi connectivity index (χ0v) is 11.8. The summed E-state index contributed by atoms with van der Waals surface area (Å²) in [5.41, 5.74) is 1.51. The molecule has 0 fully saturated rings. The van der Waals surface area contributed by atoms with Gasteiger partial charge in [-0.05, 0) is 31.7 Å². The van der Waals surface area contributed by atoms with Crippen molar-refractivity contribution in [2.75, 3.05) is 20.1 Å². The number of sulfonamides is 1. The lowest BCUT2D eigenvalue weighted by atomic mass is 10.2. The molecule has 2 N–H and O–H groups in total. The highest BCUT2D eigenvalue weighted by Gasteiger charge is 2.17. The lowest BCUT2D eigenvalue weighted by Gasteiger charge is -2.09. The van der Waals surface area contributed by atoms with Crippen molar-refractivity contribution in [3.05, 3.63) is 36.0 Å². The summed E-state index contributed by atoms with van der Waals surface area (Å²) >= 11 is 0.